The van der Waals surface area contributed by atoms with E-state index < -0.39 is 11.7 Å². The molecule has 0 saturated carbocycles. The van der Waals surface area contributed by atoms with Crippen molar-refractivity contribution in [1.82, 2.24) is 24.3 Å². The highest BCUT2D eigenvalue weighted by Crippen LogP contribution is 2.09. The summed E-state index contributed by atoms with van der Waals surface area (Å²) < 4.78 is 1.99. The second-order valence-electron chi connectivity index (χ2n) is 5.59. The summed E-state index contributed by atoms with van der Waals surface area (Å²) in [6.45, 7) is 3.32. The summed E-state index contributed by atoms with van der Waals surface area (Å²) in [5, 5.41) is 0. The van der Waals surface area contributed by atoms with Crippen molar-refractivity contribution in [3.8, 4) is 0 Å². The van der Waals surface area contributed by atoms with Gasteiger partial charge in [-0.2, -0.15) is 0 Å². The van der Waals surface area contributed by atoms with Crippen LogP contribution < -0.4 is 0 Å². The fraction of sp³-hybridized carbons (Fsp3) is 0.375. The van der Waals surface area contributed by atoms with Crippen molar-refractivity contribution in [2.24, 2.45) is 7.05 Å². The molecular formula is C16H19N5O2. The van der Waals surface area contributed by atoms with Gasteiger partial charge in [-0.15, -0.1) is 0 Å². The molecule has 3 heterocycles. The molecule has 120 valence electrons. The molecule has 0 aromatic carbocycles. The molecule has 2 aromatic heterocycles. The lowest BCUT2D eigenvalue weighted by Gasteiger charge is -2.34. The molecule has 23 heavy (non-hydrogen) atoms. The molecule has 0 aliphatic carbocycles. The minimum absolute atomic E-state index is 0.341. The van der Waals surface area contributed by atoms with Crippen molar-refractivity contribution in [1.29, 1.82) is 0 Å². The van der Waals surface area contributed by atoms with E-state index in [4.69, 9.17) is 0 Å². The van der Waals surface area contributed by atoms with Crippen molar-refractivity contribution in [3.63, 3.8) is 0 Å². The third-order valence-corrected chi connectivity index (χ3v) is 4.06. The van der Waals surface area contributed by atoms with Gasteiger partial charge in [0.2, 0.25) is 0 Å². The average Bonchev–Trinajstić information content (AvgIpc) is 3.00. The van der Waals surface area contributed by atoms with Crippen molar-refractivity contribution in [2.75, 3.05) is 26.2 Å². The highest BCUT2D eigenvalue weighted by molar-refractivity contribution is 6.42. The number of imidazole rings is 1. The van der Waals surface area contributed by atoms with Crippen LogP contribution in [0.1, 0.15) is 16.2 Å². The minimum atomic E-state index is -0.490. The zero-order valence-electron chi connectivity index (χ0n) is 13.1. The average molecular weight is 313 g/mol. The third kappa shape index (κ3) is 3.45. The van der Waals surface area contributed by atoms with Gasteiger partial charge in [0, 0.05) is 63.6 Å². The second kappa shape index (κ2) is 6.70. The largest absolute Gasteiger partial charge is 0.337 e. The molecule has 2 aromatic rings. The highest BCUT2D eigenvalue weighted by Gasteiger charge is 2.27. The fourth-order valence-electron chi connectivity index (χ4n) is 2.62. The van der Waals surface area contributed by atoms with Gasteiger partial charge >= 0.3 is 0 Å². The number of pyridine rings is 1. The molecule has 0 N–H and O–H groups in total. The summed E-state index contributed by atoms with van der Waals surface area (Å²) >= 11 is 0. The number of hydrogen-bond acceptors (Lipinski definition) is 5. The predicted molar refractivity (Wildman–Crippen MR) is 83.6 cm³/mol. The maximum absolute atomic E-state index is 12.3. The molecule has 0 bridgehead atoms. The normalized spacial score (nSPS) is 15.6. The predicted octanol–water partition coefficient (Wildman–Crippen LogP) is 0.342. The number of hydrogen-bond donors (Lipinski definition) is 0. The Morgan fingerprint density at radius 3 is 2.57 bits per heavy atom. The van der Waals surface area contributed by atoms with Crippen LogP contribution in [-0.2, 0) is 18.4 Å². The van der Waals surface area contributed by atoms with Crippen LogP contribution in [0.2, 0.25) is 0 Å². The Labute approximate surface area is 134 Å². The van der Waals surface area contributed by atoms with Crippen LogP contribution in [0.3, 0.4) is 0 Å². The van der Waals surface area contributed by atoms with Crippen molar-refractivity contribution < 1.29 is 9.59 Å². The maximum atomic E-state index is 12.3. The Morgan fingerprint density at radius 2 is 1.96 bits per heavy atom. The summed E-state index contributed by atoms with van der Waals surface area (Å²) in [5.41, 5.74) is 0.341. The monoisotopic (exact) mass is 313 g/mol. The molecule has 7 nitrogen and oxygen atoms in total. The number of amides is 1. The summed E-state index contributed by atoms with van der Waals surface area (Å²) in [4.78, 5) is 36.5. The number of aryl methyl sites for hydroxylation is 1. The lowest BCUT2D eigenvalue weighted by Crippen LogP contribution is -2.50. The Balaban J connectivity index is 1.55. The van der Waals surface area contributed by atoms with Gasteiger partial charge in [-0.1, -0.05) is 0 Å². The highest BCUT2D eigenvalue weighted by atomic mass is 16.2. The van der Waals surface area contributed by atoms with Crippen LogP contribution in [0.5, 0.6) is 0 Å². The van der Waals surface area contributed by atoms with Crippen LogP contribution in [0.4, 0.5) is 0 Å². The zero-order valence-corrected chi connectivity index (χ0v) is 13.1. The van der Waals surface area contributed by atoms with Gasteiger partial charge in [-0.3, -0.25) is 19.5 Å². The standard InChI is InChI=1S/C16H19N5O2/c1-19-6-5-18-14(19)12-20-7-9-21(10-8-20)16(23)15(22)13-3-2-4-17-11-13/h2-6,11H,7-10,12H2,1H3. The second-order valence-corrected chi connectivity index (χ2v) is 5.59. The fourth-order valence-corrected chi connectivity index (χ4v) is 2.62. The van der Waals surface area contributed by atoms with E-state index in [0.717, 1.165) is 25.5 Å². The summed E-state index contributed by atoms with van der Waals surface area (Å²) in [6.07, 6.45) is 6.71. The van der Waals surface area contributed by atoms with Crippen LogP contribution >= 0.6 is 0 Å². The van der Waals surface area contributed by atoms with Gasteiger partial charge in [0.15, 0.2) is 0 Å². The van der Waals surface area contributed by atoms with E-state index in [1.807, 2.05) is 17.8 Å². The van der Waals surface area contributed by atoms with Gasteiger partial charge in [0.1, 0.15) is 5.82 Å². The molecule has 1 amide bonds. The van der Waals surface area contributed by atoms with Gasteiger partial charge in [0.25, 0.3) is 11.7 Å². The molecular weight excluding hydrogens is 294 g/mol. The molecule has 1 aliphatic rings. The summed E-state index contributed by atoms with van der Waals surface area (Å²) in [7, 11) is 1.97. The Hall–Kier alpha value is -2.54. The molecule has 1 saturated heterocycles. The van der Waals surface area contributed by atoms with Crippen LogP contribution in [-0.4, -0.2) is 62.2 Å². The van der Waals surface area contributed by atoms with E-state index in [2.05, 4.69) is 14.9 Å². The first-order chi connectivity index (χ1) is 11.1. The van der Waals surface area contributed by atoms with E-state index in [1.165, 1.54) is 6.20 Å². The van der Waals surface area contributed by atoms with Gasteiger partial charge in [0.05, 0.1) is 6.54 Å². The third-order valence-electron chi connectivity index (χ3n) is 4.06. The summed E-state index contributed by atoms with van der Waals surface area (Å²) in [6, 6.07) is 3.27. The van der Waals surface area contributed by atoms with E-state index in [9.17, 15) is 9.59 Å². The number of carbonyl (C=O) groups excluding carboxylic acids is 2. The number of carbonyl (C=O) groups is 2. The topological polar surface area (TPSA) is 71.3 Å². The number of aromatic nitrogens is 3. The van der Waals surface area contributed by atoms with Crippen molar-refractivity contribution >= 4 is 11.7 Å². The summed E-state index contributed by atoms with van der Waals surface area (Å²) in [5.74, 6) is 0.0569. The number of nitrogens with zero attached hydrogens (tertiary/aromatic N) is 5. The first kappa shape index (κ1) is 15.4. The molecule has 3 rings (SSSR count). The lowest BCUT2D eigenvalue weighted by atomic mass is 10.1. The first-order valence-electron chi connectivity index (χ1n) is 7.57. The lowest BCUT2D eigenvalue weighted by molar-refractivity contribution is -0.128. The molecule has 0 spiro atoms. The van der Waals surface area contributed by atoms with Gasteiger partial charge in [-0.25, -0.2) is 4.98 Å². The van der Waals surface area contributed by atoms with E-state index >= 15 is 0 Å². The molecule has 0 radical (unpaired) electrons. The van der Waals surface area contributed by atoms with Gasteiger partial charge < -0.3 is 9.47 Å². The van der Waals surface area contributed by atoms with Crippen molar-refractivity contribution in [2.45, 2.75) is 6.54 Å². The Morgan fingerprint density at radius 1 is 1.17 bits per heavy atom. The van der Waals surface area contributed by atoms with E-state index in [1.54, 1.807) is 29.4 Å². The van der Waals surface area contributed by atoms with Crippen LogP contribution in [0.15, 0.2) is 36.9 Å². The number of rotatable bonds is 4. The number of ketones is 1. The quantitative estimate of drug-likeness (QED) is 0.601. The Bertz CT molecular complexity index is 690. The molecule has 0 unspecified atom stereocenters. The minimum Gasteiger partial charge on any atom is -0.337 e. The van der Waals surface area contributed by atoms with E-state index in [-0.39, 0.29) is 0 Å². The molecule has 1 fully saturated rings. The first-order valence-corrected chi connectivity index (χ1v) is 7.57. The number of Topliss-reactive ketones (excluding diaryl/α,β-unsaturated/α-hetero) is 1. The van der Waals surface area contributed by atoms with Crippen LogP contribution in [0, 0.1) is 0 Å². The SMILES string of the molecule is Cn1ccnc1CN1CCN(C(=O)C(=O)c2cccnc2)CC1. The van der Waals surface area contributed by atoms with Crippen molar-refractivity contribution in [3.05, 3.63) is 48.3 Å². The molecule has 7 heteroatoms. The Kier molecular flexibility index (Phi) is 4.47. The van der Waals surface area contributed by atoms with Gasteiger partial charge in [-0.05, 0) is 12.1 Å². The van der Waals surface area contributed by atoms with E-state index in [0.29, 0.717) is 18.7 Å². The smallest absolute Gasteiger partial charge is 0.295 e. The van der Waals surface area contributed by atoms with Crippen LogP contribution in [0.25, 0.3) is 0 Å². The molecule has 1 aliphatic heterocycles. The zero-order chi connectivity index (χ0) is 16.2. The maximum Gasteiger partial charge on any atom is 0.295 e. The molecule has 0 atom stereocenters. The number of piperazine rings is 1.